The minimum Gasteiger partial charge on any atom is -0.326 e. The van der Waals surface area contributed by atoms with E-state index in [0.717, 1.165) is 39.7 Å². The second-order valence-corrected chi connectivity index (χ2v) is 5.66. The number of carbonyl (C=O) groups is 1. The zero-order chi connectivity index (χ0) is 15.0. The van der Waals surface area contributed by atoms with Crippen LogP contribution in [0.2, 0.25) is 0 Å². The van der Waals surface area contributed by atoms with E-state index < -0.39 is 0 Å². The molecule has 0 radical (unpaired) electrons. The third-order valence-corrected chi connectivity index (χ3v) is 4.60. The number of nitrogens with zero attached hydrogens (tertiary/aromatic N) is 4. The summed E-state index contributed by atoms with van der Waals surface area (Å²) < 4.78 is 4.97. The minimum atomic E-state index is 0.622. The molecule has 0 saturated heterocycles. The van der Waals surface area contributed by atoms with Crippen molar-refractivity contribution in [2.75, 3.05) is 0 Å². The van der Waals surface area contributed by atoms with Crippen molar-refractivity contribution in [3.8, 4) is 0 Å². The number of halogens is 1. The Kier molecular flexibility index (Phi) is 3.63. The number of hydrogen-bond donors (Lipinski definition) is 0. The lowest BCUT2D eigenvalue weighted by atomic mass is 10.2. The predicted molar refractivity (Wildman–Crippen MR) is 84.6 cm³/mol. The van der Waals surface area contributed by atoms with Crippen molar-refractivity contribution >= 4 is 33.2 Å². The Morgan fingerprint density at radius 3 is 2.95 bits per heavy atom. The first-order chi connectivity index (χ1) is 10.2. The van der Waals surface area contributed by atoms with E-state index in [1.54, 1.807) is 6.20 Å². The van der Waals surface area contributed by atoms with Crippen LogP contribution in [0.4, 0.5) is 0 Å². The molecule has 0 saturated carbocycles. The van der Waals surface area contributed by atoms with Gasteiger partial charge in [-0.15, -0.1) is 0 Å². The molecule has 21 heavy (non-hydrogen) atoms. The van der Waals surface area contributed by atoms with Gasteiger partial charge in [-0.05, 0) is 41.9 Å². The van der Waals surface area contributed by atoms with Gasteiger partial charge in [-0.2, -0.15) is 5.10 Å². The summed E-state index contributed by atoms with van der Waals surface area (Å²) in [5.41, 5.74) is 3.52. The van der Waals surface area contributed by atoms with Gasteiger partial charge in [0.15, 0.2) is 6.29 Å². The Balaban J connectivity index is 2.13. The van der Waals surface area contributed by atoms with Gasteiger partial charge in [-0.1, -0.05) is 0 Å². The van der Waals surface area contributed by atoms with Crippen LogP contribution in [0.3, 0.4) is 0 Å². The Morgan fingerprint density at radius 1 is 1.43 bits per heavy atom. The van der Waals surface area contributed by atoms with Crippen LogP contribution in [-0.4, -0.2) is 25.6 Å². The van der Waals surface area contributed by atoms with Gasteiger partial charge < -0.3 is 4.57 Å². The molecular weight excluding hydrogens is 332 g/mol. The van der Waals surface area contributed by atoms with Crippen LogP contribution in [0, 0.1) is 6.92 Å². The van der Waals surface area contributed by atoms with Gasteiger partial charge in [-0.3, -0.25) is 9.48 Å². The summed E-state index contributed by atoms with van der Waals surface area (Å²) in [5.74, 6) is 0. The molecule has 3 aromatic heterocycles. The maximum Gasteiger partial charge on any atom is 0.152 e. The molecule has 0 spiro atoms. The molecule has 3 heterocycles. The summed E-state index contributed by atoms with van der Waals surface area (Å²) in [5, 5.41) is 5.38. The second kappa shape index (κ2) is 5.44. The van der Waals surface area contributed by atoms with Crippen molar-refractivity contribution in [3.05, 3.63) is 46.0 Å². The number of aryl methyl sites for hydroxylation is 2. The highest BCUT2D eigenvalue weighted by Gasteiger charge is 2.15. The zero-order valence-electron chi connectivity index (χ0n) is 11.9. The molecule has 5 nitrogen and oxygen atoms in total. The molecule has 0 unspecified atom stereocenters. The van der Waals surface area contributed by atoms with E-state index in [1.807, 2.05) is 34.5 Å². The third kappa shape index (κ3) is 2.29. The monoisotopic (exact) mass is 346 g/mol. The lowest BCUT2D eigenvalue weighted by Crippen LogP contribution is -2.08. The zero-order valence-corrected chi connectivity index (χ0v) is 13.5. The van der Waals surface area contributed by atoms with Crippen molar-refractivity contribution in [2.45, 2.75) is 26.9 Å². The highest BCUT2D eigenvalue weighted by molar-refractivity contribution is 9.10. The van der Waals surface area contributed by atoms with Gasteiger partial charge in [0.2, 0.25) is 0 Å². The van der Waals surface area contributed by atoms with Crippen LogP contribution >= 0.6 is 15.9 Å². The lowest BCUT2D eigenvalue weighted by Gasteiger charge is -2.07. The third-order valence-electron chi connectivity index (χ3n) is 3.56. The molecule has 108 valence electrons. The number of carbonyl (C=O) groups excluding carboxylic acids is 1. The minimum absolute atomic E-state index is 0.622. The number of hydrogen-bond acceptors (Lipinski definition) is 3. The average Bonchev–Trinajstić information content (AvgIpc) is 3.00. The van der Waals surface area contributed by atoms with E-state index in [4.69, 9.17) is 0 Å². The van der Waals surface area contributed by atoms with E-state index in [0.29, 0.717) is 12.1 Å². The quantitative estimate of drug-likeness (QED) is 0.681. The molecule has 0 aliphatic carbocycles. The smallest absolute Gasteiger partial charge is 0.152 e. The Morgan fingerprint density at radius 2 is 2.24 bits per heavy atom. The topological polar surface area (TPSA) is 52.7 Å². The van der Waals surface area contributed by atoms with E-state index in [-0.39, 0.29) is 0 Å². The van der Waals surface area contributed by atoms with E-state index >= 15 is 0 Å². The van der Waals surface area contributed by atoms with E-state index in [2.05, 4.69) is 32.9 Å². The van der Waals surface area contributed by atoms with E-state index in [9.17, 15) is 4.79 Å². The fourth-order valence-corrected chi connectivity index (χ4v) is 2.95. The lowest BCUT2D eigenvalue weighted by molar-refractivity contribution is 0.112. The number of fused-ring (bicyclic) bond motifs is 1. The molecule has 0 amide bonds. The van der Waals surface area contributed by atoms with Gasteiger partial charge in [0.25, 0.3) is 0 Å². The summed E-state index contributed by atoms with van der Waals surface area (Å²) in [6, 6.07) is 3.76. The fourth-order valence-electron chi connectivity index (χ4n) is 2.55. The van der Waals surface area contributed by atoms with Crippen molar-refractivity contribution in [1.82, 2.24) is 19.3 Å². The SMILES string of the molecule is CCn1nc(C)c(Br)c1Cn1cc(C=O)c2cccnc21. The first-order valence-corrected chi connectivity index (χ1v) is 7.55. The molecule has 0 fully saturated rings. The van der Waals surface area contributed by atoms with Crippen molar-refractivity contribution in [2.24, 2.45) is 0 Å². The van der Waals surface area contributed by atoms with Crippen LogP contribution in [0.5, 0.6) is 0 Å². The molecule has 0 atom stereocenters. The summed E-state index contributed by atoms with van der Waals surface area (Å²) in [6.07, 6.45) is 4.46. The summed E-state index contributed by atoms with van der Waals surface area (Å²) in [4.78, 5) is 15.6. The molecule has 0 aliphatic rings. The van der Waals surface area contributed by atoms with Crippen molar-refractivity contribution < 1.29 is 4.79 Å². The highest BCUT2D eigenvalue weighted by atomic mass is 79.9. The molecule has 3 aromatic rings. The normalized spacial score (nSPS) is 11.2. The molecule has 6 heteroatoms. The van der Waals surface area contributed by atoms with Crippen LogP contribution < -0.4 is 0 Å². The van der Waals surface area contributed by atoms with Crippen LogP contribution in [-0.2, 0) is 13.1 Å². The van der Waals surface area contributed by atoms with Gasteiger partial charge >= 0.3 is 0 Å². The first kappa shape index (κ1) is 14.0. The van der Waals surface area contributed by atoms with Crippen LogP contribution in [0.25, 0.3) is 11.0 Å². The van der Waals surface area contributed by atoms with Gasteiger partial charge in [0.05, 0.1) is 22.4 Å². The Bertz CT molecular complexity index is 819. The maximum atomic E-state index is 11.2. The predicted octanol–water partition coefficient (Wildman–Crippen LogP) is 3.18. The molecule has 0 N–H and O–H groups in total. The molecule has 0 aromatic carbocycles. The number of aromatic nitrogens is 4. The summed E-state index contributed by atoms with van der Waals surface area (Å²) in [6.45, 7) is 5.46. The fraction of sp³-hybridized carbons (Fsp3) is 0.267. The Hall–Kier alpha value is -1.95. The van der Waals surface area contributed by atoms with Crippen molar-refractivity contribution in [3.63, 3.8) is 0 Å². The molecule has 0 bridgehead atoms. The van der Waals surface area contributed by atoms with E-state index in [1.165, 1.54) is 0 Å². The first-order valence-electron chi connectivity index (χ1n) is 6.76. The number of rotatable bonds is 4. The molecule has 3 rings (SSSR count). The molecule has 0 aliphatic heterocycles. The average molecular weight is 347 g/mol. The summed E-state index contributed by atoms with van der Waals surface area (Å²) in [7, 11) is 0. The van der Waals surface area contributed by atoms with Gasteiger partial charge in [-0.25, -0.2) is 4.98 Å². The number of aldehydes is 1. The molecular formula is C15H15BrN4O. The standard InChI is InChI=1S/C15H15BrN4O/c1-3-20-13(14(16)10(2)18-20)8-19-7-11(9-21)12-5-4-6-17-15(12)19/h4-7,9H,3,8H2,1-2H3. The largest absolute Gasteiger partial charge is 0.326 e. The maximum absolute atomic E-state index is 11.2. The van der Waals surface area contributed by atoms with Crippen LogP contribution in [0.15, 0.2) is 29.0 Å². The number of pyridine rings is 1. The second-order valence-electron chi connectivity index (χ2n) is 4.87. The van der Waals surface area contributed by atoms with Crippen molar-refractivity contribution in [1.29, 1.82) is 0 Å². The highest BCUT2D eigenvalue weighted by Crippen LogP contribution is 2.25. The van der Waals surface area contributed by atoms with Crippen LogP contribution in [0.1, 0.15) is 28.7 Å². The van der Waals surface area contributed by atoms with Gasteiger partial charge in [0.1, 0.15) is 5.65 Å². The van der Waals surface area contributed by atoms with Gasteiger partial charge in [0, 0.05) is 29.9 Å². The summed E-state index contributed by atoms with van der Waals surface area (Å²) >= 11 is 3.60. The Labute approximate surface area is 130 Å².